The Bertz CT molecular complexity index is 7760. The number of hydrogen-bond acceptors (Lipinski definition) is 12. The van der Waals surface area contributed by atoms with Gasteiger partial charge in [-0.2, -0.15) is 0 Å². The fraction of sp³-hybridized carbons (Fsp3) is 0. The molecule has 17 heteroatoms. The Morgan fingerprint density at radius 2 is 0.364 bits per heavy atom. The molecule has 14 nitrogen and oxygen atoms in total. The van der Waals surface area contributed by atoms with Crippen molar-refractivity contribution in [3.8, 4) is 89.0 Å². The minimum absolute atomic E-state index is 0.00976. The van der Waals surface area contributed by atoms with E-state index < -0.39 is 29.5 Å². The zero-order chi connectivity index (χ0) is 81.8. The smallest absolute Gasteiger partial charge is 0.258 e. The number of nitro benzene ring substituents is 4. The van der Waals surface area contributed by atoms with Gasteiger partial charge in [-0.1, -0.05) is 218 Å². The van der Waals surface area contributed by atoms with Gasteiger partial charge in [0.05, 0.1) is 29.5 Å². The number of nitro groups is 4. The highest BCUT2D eigenvalue weighted by atomic mass is 32.2. The summed E-state index contributed by atoms with van der Waals surface area (Å²) in [6.07, 6.45) is 0. The summed E-state index contributed by atoms with van der Waals surface area (Å²) in [6.45, 7) is 0. The molecule has 22 rings (SSSR count). The molecule has 0 atom stereocenters. The van der Waals surface area contributed by atoms with Crippen molar-refractivity contribution in [2.45, 2.75) is 9.79 Å². The van der Waals surface area contributed by atoms with Crippen LogP contribution in [-0.2, 0) is 9.84 Å². The summed E-state index contributed by atoms with van der Waals surface area (Å²) in [4.78, 5) is 46.8. The standard InChI is InChI=1S/C104H58N4O10S3/c109-105(110)67-43-33-59(34-44-67)95-71-17-1-9-25-79(71)99(80-26-10-2-18-72(80)95)63-41-51-87-89(53-63)119-91-55-65(101-83-29-13-5-21-75(83)97(76-22-6-14-30-84(76)101)61-37-47-69(48-38-61)107(113)114)57-93(103(87)91)121(117,118)94-58-66(102-85-31-15-7-23-77(85)98(78-24-8-16-32-86(78)102)62-39-49-70(50-40-62)108(115)116)56-92-104(94)88-52-42-64(54-90(88)120-92)100-81-27-11-3-19-73(81)96(74-20-4-12-28-82(74)100)60-35-45-68(46-36-60)106(111)112/h1-58H. The van der Waals surface area contributed by atoms with E-state index in [1.165, 1.54) is 71.2 Å². The quantitative estimate of drug-likeness (QED) is 0.0572. The highest BCUT2D eigenvalue weighted by Crippen LogP contribution is 2.55. The van der Waals surface area contributed by atoms with Crippen LogP contribution in [0.1, 0.15) is 0 Å². The number of non-ortho nitro benzene ring substituents is 4. The molecule has 572 valence electrons. The van der Waals surface area contributed by atoms with Crippen molar-refractivity contribution in [1.29, 1.82) is 0 Å². The predicted octanol–water partition coefficient (Wildman–Crippen LogP) is 29.4. The molecule has 22 aromatic rings. The molecule has 0 amide bonds. The molecule has 0 saturated heterocycles. The van der Waals surface area contributed by atoms with Gasteiger partial charge in [-0.3, -0.25) is 40.5 Å². The van der Waals surface area contributed by atoms with Gasteiger partial charge >= 0.3 is 0 Å². The van der Waals surface area contributed by atoms with Gasteiger partial charge in [0, 0.05) is 88.9 Å². The topological polar surface area (TPSA) is 207 Å². The molecular weight excluding hydrogens is 1560 g/mol. The lowest BCUT2D eigenvalue weighted by Gasteiger charge is -2.20. The van der Waals surface area contributed by atoms with Crippen molar-refractivity contribution < 1.29 is 28.1 Å². The van der Waals surface area contributed by atoms with Crippen LogP contribution < -0.4 is 0 Å². The first kappa shape index (κ1) is 72.0. The van der Waals surface area contributed by atoms with Gasteiger partial charge in [-0.05, 0) is 260 Å². The van der Waals surface area contributed by atoms with Crippen LogP contribution in [0.2, 0.25) is 0 Å². The molecule has 0 unspecified atom stereocenters. The monoisotopic (exact) mass is 1620 g/mol. The van der Waals surface area contributed by atoms with E-state index in [-0.39, 0.29) is 32.5 Å². The Morgan fingerprint density at radius 3 is 0.562 bits per heavy atom. The Balaban J connectivity index is 0.830. The Kier molecular flexibility index (Phi) is 16.6. The zero-order valence-corrected chi connectivity index (χ0v) is 66.0. The van der Waals surface area contributed by atoms with Crippen molar-refractivity contribution >= 4 is 182 Å². The first-order valence-corrected chi connectivity index (χ1v) is 42.2. The minimum atomic E-state index is -4.80. The van der Waals surface area contributed by atoms with Crippen molar-refractivity contribution in [1.82, 2.24) is 0 Å². The lowest BCUT2D eigenvalue weighted by molar-refractivity contribution is -0.385. The molecular formula is C104H58N4O10S3. The maximum absolute atomic E-state index is 18.2. The zero-order valence-electron chi connectivity index (χ0n) is 63.6. The van der Waals surface area contributed by atoms with Crippen molar-refractivity contribution in [3.05, 3.63) is 392 Å². The van der Waals surface area contributed by atoms with Gasteiger partial charge in [0.15, 0.2) is 0 Å². The van der Waals surface area contributed by atoms with Gasteiger partial charge in [-0.25, -0.2) is 8.42 Å². The second kappa shape index (κ2) is 27.8. The molecule has 2 aromatic heterocycles. The Labute approximate surface area is 696 Å². The SMILES string of the molecule is O=[N+]([O-])c1ccc(-c2c3ccccc3c(-c3ccc4c(c3)sc3cc(-c5c6ccccc6c(-c6ccc([N+](=O)[O-])cc6)c6ccccc56)cc(S(=O)(=O)c5cc(-c6c7ccccc7c(-c7ccc([N+](=O)[O-])cc7)c7ccccc67)cc6sc7cc(-c8c9ccccc9c(-c9ccc([N+](=O)[O-])cc9)c9ccccc89)ccc7c56)c34)c3ccccc23)cc1. The fourth-order valence-electron chi connectivity index (χ4n) is 18.9. The van der Waals surface area contributed by atoms with Crippen molar-refractivity contribution in [2.75, 3.05) is 0 Å². The van der Waals surface area contributed by atoms with Crippen LogP contribution in [0.4, 0.5) is 22.7 Å². The van der Waals surface area contributed by atoms with E-state index in [9.17, 15) is 40.5 Å². The van der Waals surface area contributed by atoms with E-state index in [2.05, 4.69) is 121 Å². The average molecular weight is 1620 g/mol. The molecule has 0 aliphatic carbocycles. The third-order valence-electron chi connectivity index (χ3n) is 24.0. The van der Waals surface area contributed by atoms with E-state index in [0.29, 0.717) is 31.3 Å². The molecule has 121 heavy (non-hydrogen) atoms. The summed E-state index contributed by atoms with van der Waals surface area (Å²) in [5, 5.41) is 65.1. The molecule has 0 N–H and O–H groups in total. The van der Waals surface area contributed by atoms with Gasteiger partial charge in [0.25, 0.3) is 22.7 Å². The number of rotatable bonds is 14. The number of sulfone groups is 1. The minimum Gasteiger partial charge on any atom is -0.258 e. The van der Waals surface area contributed by atoms with Crippen LogP contribution in [0, 0.1) is 40.5 Å². The number of benzene rings is 20. The molecule has 0 bridgehead atoms. The number of thiophene rings is 2. The van der Waals surface area contributed by atoms with Gasteiger partial charge in [0.1, 0.15) is 0 Å². The van der Waals surface area contributed by atoms with Crippen molar-refractivity contribution in [2.24, 2.45) is 0 Å². The van der Waals surface area contributed by atoms with E-state index in [1.807, 2.05) is 133 Å². The highest BCUT2D eigenvalue weighted by molar-refractivity contribution is 7.92. The second-order valence-corrected chi connectivity index (χ2v) is 34.5. The third kappa shape index (κ3) is 11.4. The van der Waals surface area contributed by atoms with E-state index in [0.717, 1.165) is 184 Å². The number of fused-ring (bicyclic) bond motifs is 14. The van der Waals surface area contributed by atoms with Crippen LogP contribution in [0.5, 0.6) is 0 Å². The molecule has 2 heterocycles. The van der Waals surface area contributed by atoms with Crippen molar-refractivity contribution in [3.63, 3.8) is 0 Å². The summed E-state index contributed by atoms with van der Waals surface area (Å²) in [5.74, 6) is 0. The first-order valence-electron chi connectivity index (χ1n) is 39.1. The number of hydrogen-bond donors (Lipinski definition) is 0. The summed E-state index contributed by atoms with van der Waals surface area (Å²) >= 11 is 3.04. The van der Waals surface area contributed by atoms with E-state index in [4.69, 9.17) is 0 Å². The normalized spacial score (nSPS) is 12.0. The summed E-state index contributed by atoms with van der Waals surface area (Å²) in [5.41, 5.74) is 13.3. The molecule has 0 fully saturated rings. The fourth-order valence-corrected chi connectivity index (χ4v) is 23.2. The molecule has 0 spiro atoms. The Hall–Kier alpha value is -15.5. The van der Waals surface area contributed by atoms with Gasteiger partial charge in [0.2, 0.25) is 9.84 Å². The molecule has 0 aliphatic heterocycles. The predicted molar refractivity (Wildman–Crippen MR) is 494 cm³/mol. The number of nitrogens with zero attached hydrogens (tertiary/aromatic N) is 4. The Morgan fingerprint density at radius 1 is 0.190 bits per heavy atom. The van der Waals surface area contributed by atoms with E-state index in [1.54, 1.807) is 48.5 Å². The second-order valence-electron chi connectivity index (χ2n) is 30.4. The van der Waals surface area contributed by atoms with Gasteiger partial charge in [-0.15, -0.1) is 22.7 Å². The molecule has 0 aliphatic rings. The molecule has 0 radical (unpaired) electrons. The maximum Gasteiger partial charge on any atom is 0.269 e. The third-order valence-corrected chi connectivity index (χ3v) is 28.0. The summed E-state index contributed by atoms with van der Waals surface area (Å²) in [6, 6.07) is 112. The summed E-state index contributed by atoms with van der Waals surface area (Å²) in [7, 11) is -4.80. The summed E-state index contributed by atoms with van der Waals surface area (Å²) < 4.78 is 39.5. The largest absolute Gasteiger partial charge is 0.269 e. The van der Waals surface area contributed by atoms with Crippen LogP contribution in [0.3, 0.4) is 0 Å². The van der Waals surface area contributed by atoms with Crippen LogP contribution in [0.25, 0.3) is 216 Å². The maximum atomic E-state index is 18.2. The van der Waals surface area contributed by atoms with Crippen LogP contribution >= 0.6 is 22.7 Å². The molecule has 20 aromatic carbocycles. The van der Waals surface area contributed by atoms with E-state index >= 15 is 8.42 Å². The average Bonchev–Trinajstić information content (AvgIpc) is 1.52. The van der Waals surface area contributed by atoms with Gasteiger partial charge < -0.3 is 0 Å². The first-order chi connectivity index (χ1) is 59.1. The lowest BCUT2D eigenvalue weighted by atomic mass is 9.85. The van der Waals surface area contributed by atoms with Crippen LogP contribution in [0.15, 0.2) is 362 Å². The highest BCUT2D eigenvalue weighted by Gasteiger charge is 2.33. The lowest BCUT2D eigenvalue weighted by Crippen LogP contribution is -2.05. The molecule has 0 saturated carbocycles. The van der Waals surface area contributed by atoms with Crippen LogP contribution in [-0.4, -0.2) is 28.1 Å².